The molecule has 1 aliphatic rings. The maximum absolute atomic E-state index is 10.5. The van der Waals surface area contributed by atoms with Crippen LogP contribution < -0.4 is 0 Å². The first-order chi connectivity index (χ1) is 8.18. The minimum Gasteiger partial charge on any atom is -0.362 e. The van der Waals surface area contributed by atoms with E-state index in [4.69, 9.17) is 12.2 Å². The Hall–Kier alpha value is -1.49. The van der Waals surface area contributed by atoms with Crippen LogP contribution in [0.4, 0.5) is 5.69 Å². The van der Waals surface area contributed by atoms with Gasteiger partial charge >= 0.3 is 0 Å². The summed E-state index contributed by atoms with van der Waals surface area (Å²) in [7, 11) is 0. The van der Waals surface area contributed by atoms with Crippen LogP contribution in [0.15, 0.2) is 24.3 Å². The Morgan fingerprint density at radius 2 is 1.76 bits per heavy atom. The zero-order valence-electron chi connectivity index (χ0n) is 9.46. The summed E-state index contributed by atoms with van der Waals surface area (Å²) in [5.41, 5.74) is 1.00. The normalized spacial score (nSPS) is 15.6. The summed E-state index contributed by atoms with van der Waals surface area (Å²) in [6, 6.07) is 6.47. The Morgan fingerprint density at radius 1 is 1.18 bits per heavy atom. The molecule has 4 nitrogen and oxygen atoms in total. The van der Waals surface area contributed by atoms with E-state index in [0.29, 0.717) is 0 Å². The van der Waals surface area contributed by atoms with E-state index in [-0.39, 0.29) is 5.69 Å². The van der Waals surface area contributed by atoms with Crippen molar-refractivity contribution in [3.8, 4) is 0 Å². The van der Waals surface area contributed by atoms with Gasteiger partial charge in [0, 0.05) is 30.8 Å². The van der Waals surface area contributed by atoms with E-state index in [0.717, 1.165) is 23.6 Å². The lowest BCUT2D eigenvalue weighted by Crippen LogP contribution is -2.34. The van der Waals surface area contributed by atoms with E-state index in [1.165, 1.54) is 31.4 Å². The number of non-ortho nitro benzene ring substituents is 1. The number of thiocarbonyl (C=S) groups is 1. The third-order valence-corrected chi connectivity index (χ3v) is 3.46. The number of benzene rings is 1. The third-order valence-electron chi connectivity index (χ3n) is 2.97. The van der Waals surface area contributed by atoms with Crippen LogP contribution in [0.1, 0.15) is 24.8 Å². The second kappa shape index (κ2) is 5.23. The zero-order chi connectivity index (χ0) is 12.3. The number of hydrogen-bond donors (Lipinski definition) is 0. The van der Waals surface area contributed by atoms with Gasteiger partial charge in [-0.3, -0.25) is 10.1 Å². The van der Waals surface area contributed by atoms with Gasteiger partial charge in [0.2, 0.25) is 0 Å². The molecular weight excluding hydrogens is 236 g/mol. The van der Waals surface area contributed by atoms with Gasteiger partial charge in [0.25, 0.3) is 5.69 Å². The van der Waals surface area contributed by atoms with Gasteiger partial charge in [-0.2, -0.15) is 0 Å². The minimum absolute atomic E-state index is 0.107. The fourth-order valence-corrected chi connectivity index (χ4v) is 2.32. The van der Waals surface area contributed by atoms with Crippen molar-refractivity contribution in [3.63, 3.8) is 0 Å². The summed E-state index contributed by atoms with van der Waals surface area (Å²) in [4.78, 5) is 13.1. The molecule has 0 unspecified atom stereocenters. The standard InChI is InChI=1S/C12H14N2O2S/c15-14(16)11-6-4-10(5-7-11)12(17)13-8-2-1-3-9-13/h4-7H,1-3,8-9H2. The molecule has 17 heavy (non-hydrogen) atoms. The molecule has 1 aliphatic heterocycles. The maximum atomic E-state index is 10.5. The van der Waals surface area contributed by atoms with Gasteiger partial charge in [-0.05, 0) is 31.4 Å². The molecular formula is C12H14N2O2S. The molecule has 1 heterocycles. The molecule has 1 saturated heterocycles. The highest BCUT2D eigenvalue weighted by molar-refractivity contribution is 7.80. The Morgan fingerprint density at radius 3 is 2.29 bits per heavy atom. The fourth-order valence-electron chi connectivity index (χ4n) is 2.01. The van der Waals surface area contributed by atoms with Crippen LogP contribution in [0.2, 0.25) is 0 Å². The van der Waals surface area contributed by atoms with Crippen LogP contribution in [0, 0.1) is 10.1 Å². The molecule has 0 atom stereocenters. The van der Waals surface area contributed by atoms with Crippen LogP contribution in [-0.4, -0.2) is 27.9 Å². The van der Waals surface area contributed by atoms with Crippen molar-refractivity contribution >= 4 is 22.9 Å². The summed E-state index contributed by atoms with van der Waals surface area (Å²) < 4.78 is 0. The molecule has 0 spiro atoms. The van der Waals surface area contributed by atoms with Crippen LogP contribution in [0.5, 0.6) is 0 Å². The van der Waals surface area contributed by atoms with Crippen molar-refractivity contribution in [2.24, 2.45) is 0 Å². The Labute approximate surface area is 105 Å². The molecule has 0 aromatic heterocycles. The summed E-state index contributed by atoms with van der Waals surface area (Å²) in [5, 5.41) is 10.5. The molecule has 1 fully saturated rings. The SMILES string of the molecule is O=[N+]([O-])c1ccc(C(=S)N2CCCCC2)cc1. The largest absolute Gasteiger partial charge is 0.362 e. The number of piperidine rings is 1. The molecule has 5 heteroatoms. The Bertz CT molecular complexity index is 425. The van der Waals surface area contributed by atoms with E-state index in [2.05, 4.69) is 4.90 Å². The predicted octanol–water partition coefficient (Wildman–Crippen LogP) is 2.76. The van der Waals surface area contributed by atoms with Gasteiger partial charge in [-0.1, -0.05) is 12.2 Å². The lowest BCUT2D eigenvalue weighted by Gasteiger charge is -2.29. The molecule has 90 valence electrons. The quantitative estimate of drug-likeness (QED) is 0.460. The molecule has 1 aromatic carbocycles. The highest BCUT2D eigenvalue weighted by atomic mass is 32.1. The molecule has 0 bridgehead atoms. The maximum Gasteiger partial charge on any atom is 0.269 e. The lowest BCUT2D eigenvalue weighted by molar-refractivity contribution is -0.384. The number of likely N-dealkylation sites (tertiary alicyclic amines) is 1. The average Bonchev–Trinajstić information content (AvgIpc) is 2.39. The van der Waals surface area contributed by atoms with Crippen molar-refractivity contribution in [2.45, 2.75) is 19.3 Å². The molecule has 1 aromatic rings. The van der Waals surface area contributed by atoms with E-state index in [9.17, 15) is 10.1 Å². The number of hydrogen-bond acceptors (Lipinski definition) is 3. The van der Waals surface area contributed by atoms with E-state index >= 15 is 0 Å². The third kappa shape index (κ3) is 2.79. The fraction of sp³-hybridized carbons (Fsp3) is 0.417. The van der Waals surface area contributed by atoms with Crippen LogP contribution >= 0.6 is 12.2 Å². The Kier molecular flexibility index (Phi) is 3.68. The second-order valence-electron chi connectivity index (χ2n) is 4.16. The highest BCUT2D eigenvalue weighted by Crippen LogP contribution is 2.17. The van der Waals surface area contributed by atoms with Crippen molar-refractivity contribution < 1.29 is 4.92 Å². The molecule has 0 radical (unpaired) electrons. The molecule has 0 saturated carbocycles. The van der Waals surface area contributed by atoms with Crippen LogP contribution in [0.3, 0.4) is 0 Å². The zero-order valence-corrected chi connectivity index (χ0v) is 10.3. The number of nitro benzene ring substituents is 1. The number of nitro groups is 1. The first kappa shape index (κ1) is 12.0. The van der Waals surface area contributed by atoms with Crippen molar-refractivity contribution in [2.75, 3.05) is 13.1 Å². The summed E-state index contributed by atoms with van der Waals surface area (Å²) >= 11 is 5.41. The van der Waals surface area contributed by atoms with Gasteiger partial charge in [0.15, 0.2) is 0 Å². The van der Waals surface area contributed by atoms with E-state index in [1.807, 2.05) is 0 Å². The van der Waals surface area contributed by atoms with Gasteiger partial charge in [0.05, 0.1) is 4.92 Å². The van der Waals surface area contributed by atoms with E-state index in [1.54, 1.807) is 12.1 Å². The van der Waals surface area contributed by atoms with E-state index < -0.39 is 4.92 Å². The average molecular weight is 250 g/mol. The summed E-state index contributed by atoms with van der Waals surface area (Å²) in [5.74, 6) is 0. The molecule has 0 N–H and O–H groups in total. The topological polar surface area (TPSA) is 46.4 Å². The first-order valence-corrected chi connectivity index (χ1v) is 6.13. The van der Waals surface area contributed by atoms with Crippen LogP contribution in [-0.2, 0) is 0 Å². The first-order valence-electron chi connectivity index (χ1n) is 5.72. The smallest absolute Gasteiger partial charge is 0.269 e. The van der Waals surface area contributed by atoms with Crippen molar-refractivity contribution in [1.29, 1.82) is 0 Å². The summed E-state index contributed by atoms with van der Waals surface area (Å²) in [6.07, 6.45) is 3.61. The van der Waals surface area contributed by atoms with Gasteiger partial charge in [-0.25, -0.2) is 0 Å². The molecule has 0 aliphatic carbocycles. The highest BCUT2D eigenvalue weighted by Gasteiger charge is 2.15. The monoisotopic (exact) mass is 250 g/mol. The number of nitrogens with zero attached hydrogens (tertiary/aromatic N) is 2. The van der Waals surface area contributed by atoms with Crippen LogP contribution in [0.25, 0.3) is 0 Å². The van der Waals surface area contributed by atoms with Gasteiger partial charge in [-0.15, -0.1) is 0 Å². The number of rotatable bonds is 2. The van der Waals surface area contributed by atoms with Gasteiger partial charge in [0.1, 0.15) is 4.99 Å². The summed E-state index contributed by atoms with van der Waals surface area (Å²) in [6.45, 7) is 1.99. The predicted molar refractivity (Wildman–Crippen MR) is 70.2 cm³/mol. The van der Waals surface area contributed by atoms with Gasteiger partial charge < -0.3 is 4.90 Å². The minimum atomic E-state index is -0.395. The Balaban J connectivity index is 2.10. The van der Waals surface area contributed by atoms with Crippen molar-refractivity contribution in [1.82, 2.24) is 4.90 Å². The molecule has 0 amide bonds. The van der Waals surface area contributed by atoms with Crippen molar-refractivity contribution in [3.05, 3.63) is 39.9 Å². The lowest BCUT2D eigenvalue weighted by atomic mass is 10.1. The molecule has 2 rings (SSSR count). The second-order valence-corrected chi connectivity index (χ2v) is 4.54.